The van der Waals surface area contributed by atoms with Gasteiger partial charge in [-0.05, 0) is 49.7 Å². The molecular formula is C14H19FN2. The summed E-state index contributed by atoms with van der Waals surface area (Å²) in [6.45, 7) is 2.09. The fourth-order valence-electron chi connectivity index (χ4n) is 2.30. The van der Waals surface area contributed by atoms with Crippen LogP contribution in [-0.4, -0.2) is 13.1 Å². The lowest BCUT2D eigenvalue weighted by Gasteiger charge is -2.26. The van der Waals surface area contributed by atoms with E-state index in [0.717, 1.165) is 30.6 Å². The van der Waals surface area contributed by atoms with Crippen LogP contribution in [-0.2, 0) is 0 Å². The maximum Gasteiger partial charge on any atom is 0.148 e. The zero-order chi connectivity index (χ0) is 11.8. The number of halogens is 1. The van der Waals surface area contributed by atoms with E-state index < -0.39 is 0 Å². The molecule has 0 atom stereocenters. The SMILES string of the molecule is Nc1c(F)cccc1N(CC1CC1)CC1CC1. The van der Waals surface area contributed by atoms with Crippen molar-refractivity contribution in [2.45, 2.75) is 25.7 Å². The number of nitrogen functional groups attached to an aromatic ring is 1. The van der Waals surface area contributed by atoms with Crippen LogP contribution >= 0.6 is 0 Å². The number of hydrogen-bond acceptors (Lipinski definition) is 2. The molecule has 2 saturated carbocycles. The maximum atomic E-state index is 13.5. The van der Waals surface area contributed by atoms with Crippen LogP contribution < -0.4 is 10.6 Å². The topological polar surface area (TPSA) is 29.3 Å². The van der Waals surface area contributed by atoms with Gasteiger partial charge in [-0.1, -0.05) is 6.07 Å². The Morgan fingerprint density at radius 3 is 2.24 bits per heavy atom. The molecule has 92 valence electrons. The first-order valence-electron chi connectivity index (χ1n) is 6.53. The van der Waals surface area contributed by atoms with E-state index in [1.54, 1.807) is 6.07 Å². The maximum absolute atomic E-state index is 13.5. The Morgan fingerprint density at radius 2 is 1.71 bits per heavy atom. The monoisotopic (exact) mass is 234 g/mol. The summed E-state index contributed by atoms with van der Waals surface area (Å²) in [6.07, 6.45) is 5.26. The molecule has 2 fully saturated rings. The van der Waals surface area contributed by atoms with E-state index in [1.807, 2.05) is 6.07 Å². The van der Waals surface area contributed by atoms with Crippen molar-refractivity contribution >= 4 is 11.4 Å². The zero-order valence-electron chi connectivity index (χ0n) is 10.0. The van der Waals surface area contributed by atoms with Crippen molar-refractivity contribution in [3.05, 3.63) is 24.0 Å². The highest BCUT2D eigenvalue weighted by Crippen LogP contribution is 2.37. The van der Waals surface area contributed by atoms with Crippen LogP contribution in [0.15, 0.2) is 18.2 Å². The van der Waals surface area contributed by atoms with Crippen molar-refractivity contribution < 1.29 is 4.39 Å². The third kappa shape index (κ3) is 2.54. The van der Waals surface area contributed by atoms with Crippen LogP contribution in [0.1, 0.15) is 25.7 Å². The summed E-state index contributed by atoms with van der Waals surface area (Å²) >= 11 is 0. The number of hydrogen-bond donors (Lipinski definition) is 1. The minimum absolute atomic E-state index is 0.293. The van der Waals surface area contributed by atoms with Gasteiger partial charge in [0.15, 0.2) is 0 Å². The average Bonchev–Trinajstić information content (AvgIpc) is 3.16. The Labute approximate surface area is 102 Å². The van der Waals surface area contributed by atoms with Gasteiger partial charge in [-0.15, -0.1) is 0 Å². The molecule has 1 aromatic carbocycles. The summed E-state index contributed by atoms with van der Waals surface area (Å²) in [5, 5.41) is 0. The summed E-state index contributed by atoms with van der Waals surface area (Å²) in [4.78, 5) is 2.30. The van der Waals surface area contributed by atoms with Crippen molar-refractivity contribution in [3.63, 3.8) is 0 Å². The minimum atomic E-state index is -0.293. The van der Waals surface area contributed by atoms with Crippen LogP contribution in [0.4, 0.5) is 15.8 Å². The lowest BCUT2D eigenvalue weighted by molar-refractivity contribution is 0.628. The molecule has 2 N–H and O–H groups in total. The summed E-state index contributed by atoms with van der Waals surface area (Å²) < 4.78 is 13.5. The quantitative estimate of drug-likeness (QED) is 0.793. The van der Waals surface area contributed by atoms with Crippen molar-refractivity contribution in [1.29, 1.82) is 0 Å². The van der Waals surface area contributed by atoms with E-state index in [9.17, 15) is 4.39 Å². The van der Waals surface area contributed by atoms with E-state index in [2.05, 4.69) is 4.90 Å². The molecule has 0 unspecified atom stereocenters. The fraction of sp³-hybridized carbons (Fsp3) is 0.571. The second kappa shape index (κ2) is 4.21. The lowest BCUT2D eigenvalue weighted by atomic mass is 10.2. The Morgan fingerprint density at radius 1 is 1.12 bits per heavy atom. The van der Waals surface area contributed by atoms with E-state index in [4.69, 9.17) is 5.73 Å². The van der Waals surface area contributed by atoms with Gasteiger partial charge in [0.1, 0.15) is 5.82 Å². The molecule has 0 aromatic heterocycles. The van der Waals surface area contributed by atoms with Gasteiger partial charge in [-0.2, -0.15) is 0 Å². The molecule has 2 aliphatic rings. The van der Waals surface area contributed by atoms with Gasteiger partial charge >= 0.3 is 0 Å². The third-order valence-corrected chi connectivity index (χ3v) is 3.72. The van der Waals surface area contributed by atoms with Gasteiger partial charge < -0.3 is 10.6 Å². The lowest BCUT2D eigenvalue weighted by Crippen LogP contribution is -2.29. The average molecular weight is 234 g/mol. The Bertz CT molecular complexity index is 397. The molecule has 0 heterocycles. The number of para-hydroxylation sites is 1. The summed E-state index contributed by atoms with van der Waals surface area (Å²) in [7, 11) is 0. The van der Waals surface area contributed by atoms with E-state index >= 15 is 0 Å². The molecular weight excluding hydrogens is 215 g/mol. The van der Waals surface area contributed by atoms with Gasteiger partial charge in [-0.3, -0.25) is 0 Å². The highest BCUT2D eigenvalue weighted by atomic mass is 19.1. The first-order chi connectivity index (χ1) is 8.24. The first kappa shape index (κ1) is 10.9. The smallest absolute Gasteiger partial charge is 0.148 e. The molecule has 2 nitrogen and oxygen atoms in total. The van der Waals surface area contributed by atoms with E-state index in [0.29, 0.717) is 5.69 Å². The van der Waals surface area contributed by atoms with Crippen LogP contribution in [0.3, 0.4) is 0 Å². The molecule has 0 bridgehead atoms. The normalized spacial score (nSPS) is 19.4. The molecule has 0 amide bonds. The van der Waals surface area contributed by atoms with Crippen LogP contribution in [0, 0.1) is 17.7 Å². The number of benzene rings is 1. The van der Waals surface area contributed by atoms with E-state index in [1.165, 1.54) is 31.7 Å². The molecule has 0 saturated heterocycles. The van der Waals surface area contributed by atoms with Crippen LogP contribution in [0.25, 0.3) is 0 Å². The van der Waals surface area contributed by atoms with Gasteiger partial charge in [0.25, 0.3) is 0 Å². The predicted octanol–water partition coefficient (Wildman–Crippen LogP) is 3.03. The van der Waals surface area contributed by atoms with Crippen molar-refractivity contribution in [3.8, 4) is 0 Å². The summed E-state index contributed by atoms with van der Waals surface area (Å²) in [5.74, 6) is 1.31. The first-order valence-corrected chi connectivity index (χ1v) is 6.53. The fourth-order valence-corrected chi connectivity index (χ4v) is 2.30. The molecule has 17 heavy (non-hydrogen) atoms. The highest BCUT2D eigenvalue weighted by Gasteiger charge is 2.30. The van der Waals surface area contributed by atoms with Crippen LogP contribution in [0.5, 0.6) is 0 Å². The summed E-state index contributed by atoms with van der Waals surface area (Å²) in [5.41, 5.74) is 7.07. The number of nitrogens with two attached hydrogens (primary N) is 1. The number of rotatable bonds is 5. The van der Waals surface area contributed by atoms with E-state index in [-0.39, 0.29) is 5.82 Å². The van der Waals surface area contributed by atoms with Crippen LogP contribution in [0.2, 0.25) is 0 Å². The van der Waals surface area contributed by atoms with Crippen molar-refractivity contribution in [2.24, 2.45) is 11.8 Å². The summed E-state index contributed by atoms with van der Waals surface area (Å²) in [6, 6.07) is 5.14. The molecule has 2 aliphatic carbocycles. The minimum Gasteiger partial charge on any atom is -0.395 e. The second-order valence-corrected chi connectivity index (χ2v) is 5.46. The second-order valence-electron chi connectivity index (χ2n) is 5.46. The number of nitrogens with zero attached hydrogens (tertiary/aromatic N) is 1. The van der Waals surface area contributed by atoms with Crippen molar-refractivity contribution in [2.75, 3.05) is 23.7 Å². The van der Waals surface area contributed by atoms with Gasteiger partial charge in [-0.25, -0.2) is 4.39 Å². The Hall–Kier alpha value is -1.25. The predicted molar refractivity (Wildman–Crippen MR) is 68.5 cm³/mol. The molecule has 0 radical (unpaired) electrons. The molecule has 1 aromatic rings. The Balaban J connectivity index is 1.81. The standard InChI is InChI=1S/C14H19FN2/c15-12-2-1-3-13(14(12)16)17(8-10-4-5-10)9-11-6-7-11/h1-3,10-11H,4-9,16H2. The Kier molecular flexibility index (Phi) is 2.69. The molecule has 0 aliphatic heterocycles. The van der Waals surface area contributed by atoms with Gasteiger partial charge in [0.05, 0.1) is 11.4 Å². The zero-order valence-corrected chi connectivity index (χ0v) is 10.0. The molecule has 3 heteroatoms. The molecule has 3 rings (SSSR count). The largest absolute Gasteiger partial charge is 0.395 e. The van der Waals surface area contributed by atoms with Gasteiger partial charge in [0, 0.05) is 13.1 Å². The third-order valence-electron chi connectivity index (χ3n) is 3.72. The highest BCUT2D eigenvalue weighted by molar-refractivity contribution is 5.68. The van der Waals surface area contributed by atoms with Crippen molar-refractivity contribution in [1.82, 2.24) is 0 Å². The molecule has 0 spiro atoms. The number of anilines is 2. The van der Waals surface area contributed by atoms with Gasteiger partial charge in [0.2, 0.25) is 0 Å².